The van der Waals surface area contributed by atoms with Crippen LogP contribution in [0.1, 0.15) is 25.7 Å². The third-order valence-electron chi connectivity index (χ3n) is 4.60. The average molecular weight is 352 g/mol. The van der Waals surface area contributed by atoms with Gasteiger partial charge < -0.3 is 14.5 Å². The van der Waals surface area contributed by atoms with Gasteiger partial charge in [-0.2, -0.15) is 0 Å². The van der Waals surface area contributed by atoms with Crippen LogP contribution in [0.3, 0.4) is 0 Å². The van der Waals surface area contributed by atoms with Crippen LogP contribution in [0.15, 0.2) is 57.7 Å². The molecule has 4 rings (SSSR count). The van der Waals surface area contributed by atoms with Crippen LogP contribution in [0.25, 0.3) is 11.1 Å². The van der Waals surface area contributed by atoms with Gasteiger partial charge in [0, 0.05) is 11.8 Å². The summed E-state index contributed by atoms with van der Waals surface area (Å²) >= 11 is 0. The summed E-state index contributed by atoms with van der Waals surface area (Å²) in [5.41, 5.74) is 1.72. The van der Waals surface area contributed by atoms with E-state index < -0.39 is 5.76 Å². The van der Waals surface area contributed by atoms with E-state index in [4.69, 9.17) is 9.15 Å². The Kier molecular flexibility index (Phi) is 4.48. The number of carbonyl (C=O) groups is 1. The molecule has 134 valence electrons. The lowest BCUT2D eigenvalue weighted by Gasteiger charge is -2.14. The number of anilines is 1. The largest absolute Gasteiger partial charge is 0.490 e. The number of aromatic nitrogens is 1. The Morgan fingerprint density at radius 2 is 1.96 bits per heavy atom. The number of hydrogen-bond donors (Lipinski definition) is 1. The first-order valence-electron chi connectivity index (χ1n) is 8.84. The molecule has 3 aromatic rings. The summed E-state index contributed by atoms with van der Waals surface area (Å²) in [6.07, 6.45) is 4.82. The quantitative estimate of drug-likeness (QED) is 0.762. The number of nitrogens with one attached hydrogen (secondary N) is 1. The molecule has 0 saturated heterocycles. The monoisotopic (exact) mass is 352 g/mol. The average Bonchev–Trinajstić information content (AvgIpc) is 3.24. The van der Waals surface area contributed by atoms with Gasteiger partial charge in [-0.1, -0.05) is 18.2 Å². The number of benzene rings is 2. The van der Waals surface area contributed by atoms with E-state index in [2.05, 4.69) is 5.32 Å². The van der Waals surface area contributed by atoms with Gasteiger partial charge in [0.05, 0.1) is 11.6 Å². The second-order valence-corrected chi connectivity index (χ2v) is 6.52. The highest BCUT2D eigenvalue weighted by Gasteiger charge is 2.17. The van der Waals surface area contributed by atoms with Gasteiger partial charge in [-0.25, -0.2) is 4.79 Å². The SMILES string of the molecule is O=C(Cn1c(=O)oc2ccccc21)Nc1cccc(OC2CCCC2)c1. The van der Waals surface area contributed by atoms with Crippen molar-refractivity contribution in [3.05, 3.63) is 59.1 Å². The van der Waals surface area contributed by atoms with Crippen molar-refractivity contribution < 1.29 is 13.9 Å². The van der Waals surface area contributed by atoms with E-state index >= 15 is 0 Å². The maximum absolute atomic E-state index is 12.4. The molecule has 1 aliphatic carbocycles. The third kappa shape index (κ3) is 3.49. The van der Waals surface area contributed by atoms with E-state index in [1.807, 2.05) is 18.2 Å². The molecular weight excluding hydrogens is 332 g/mol. The van der Waals surface area contributed by atoms with Crippen molar-refractivity contribution in [1.82, 2.24) is 4.57 Å². The Balaban J connectivity index is 1.46. The molecule has 1 N–H and O–H groups in total. The lowest BCUT2D eigenvalue weighted by molar-refractivity contribution is -0.116. The molecule has 6 nitrogen and oxygen atoms in total. The van der Waals surface area contributed by atoms with E-state index in [9.17, 15) is 9.59 Å². The van der Waals surface area contributed by atoms with Crippen LogP contribution in [0.5, 0.6) is 5.75 Å². The normalized spacial score (nSPS) is 14.6. The first kappa shape index (κ1) is 16.4. The summed E-state index contributed by atoms with van der Waals surface area (Å²) < 4.78 is 12.4. The van der Waals surface area contributed by atoms with Gasteiger partial charge in [0.25, 0.3) is 0 Å². The van der Waals surface area contributed by atoms with E-state index in [1.165, 1.54) is 17.4 Å². The van der Waals surface area contributed by atoms with Gasteiger partial charge in [-0.15, -0.1) is 0 Å². The smallest absolute Gasteiger partial charge is 0.420 e. The number of fused-ring (bicyclic) bond motifs is 1. The lowest BCUT2D eigenvalue weighted by atomic mass is 10.2. The van der Waals surface area contributed by atoms with Crippen LogP contribution in [-0.2, 0) is 11.3 Å². The van der Waals surface area contributed by atoms with Gasteiger partial charge in [0.2, 0.25) is 5.91 Å². The second-order valence-electron chi connectivity index (χ2n) is 6.52. The van der Waals surface area contributed by atoms with Gasteiger partial charge in [-0.3, -0.25) is 9.36 Å². The van der Waals surface area contributed by atoms with Gasteiger partial charge in [0.1, 0.15) is 12.3 Å². The van der Waals surface area contributed by atoms with Crippen molar-refractivity contribution in [2.24, 2.45) is 0 Å². The summed E-state index contributed by atoms with van der Waals surface area (Å²) in [5, 5.41) is 2.82. The fourth-order valence-electron chi connectivity index (χ4n) is 3.35. The first-order valence-corrected chi connectivity index (χ1v) is 8.84. The minimum Gasteiger partial charge on any atom is -0.490 e. The highest BCUT2D eigenvalue weighted by Crippen LogP contribution is 2.25. The molecule has 26 heavy (non-hydrogen) atoms. The zero-order valence-corrected chi connectivity index (χ0v) is 14.3. The molecule has 0 atom stereocenters. The first-order chi connectivity index (χ1) is 12.7. The predicted molar refractivity (Wildman–Crippen MR) is 98.4 cm³/mol. The van der Waals surface area contributed by atoms with Gasteiger partial charge in [-0.05, 0) is 49.9 Å². The third-order valence-corrected chi connectivity index (χ3v) is 4.60. The number of hydrogen-bond acceptors (Lipinski definition) is 4. The van der Waals surface area contributed by atoms with Crippen molar-refractivity contribution in [3.63, 3.8) is 0 Å². The van der Waals surface area contributed by atoms with Crippen LogP contribution in [0.2, 0.25) is 0 Å². The summed E-state index contributed by atoms with van der Waals surface area (Å²) in [5.74, 6) is -0.0861. The predicted octanol–water partition coefficient (Wildman–Crippen LogP) is 3.55. The molecule has 1 aromatic heterocycles. The molecule has 0 radical (unpaired) electrons. The molecule has 0 aliphatic heterocycles. The van der Waals surface area contributed by atoms with Crippen molar-refractivity contribution in [2.75, 3.05) is 5.32 Å². The molecular formula is C20H20N2O4. The second kappa shape index (κ2) is 7.07. The molecule has 1 saturated carbocycles. The maximum atomic E-state index is 12.4. The Bertz CT molecular complexity index is 983. The number of oxazole rings is 1. The van der Waals surface area contributed by atoms with Crippen LogP contribution in [0.4, 0.5) is 5.69 Å². The highest BCUT2D eigenvalue weighted by molar-refractivity contribution is 5.91. The van der Waals surface area contributed by atoms with E-state index in [-0.39, 0.29) is 18.6 Å². The Morgan fingerprint density at radius 1 is 1.15 bits per heavy atom. The zero-order chi connectivity index (χ0) is 17.9. The molecule has 0 bridgehead atoms. The fourth-order valence-corrected chi connectivity index (χ4v) is 3.35. The number of para-hydroxylation sites is 2. The Hall–Kier alpha value is -3.02. The minimum absolute atomic E-state index is 0.108. The van der Waals surface area contributed by atoms with E-state index in [0.29, 0.717) is 16.8 Å². The maximum Gasteiger partial charge on any atom is 0.420 e. The van der Waals surface area contributed by atoms with Crippen LogP contribution >= 0.6 is 0 Å². The molecule has 1 aliphatic rings. The molecule has 1 fully saturated rings. The zero-order valence-electron chi connectivity index (χ0n) is 14.3. The van der Waals surface area contributed by atoms with Gasteiger partial charge >= 0.3 is 5.76 Å². The summed E-state index contributed by atoms with van der Waals surface area (Å²) in [6.45, 7) is -0.108. The molecule has 1 amide bonds. The van der Waals surface area contributed by atoms with Gasteiger partial charge in [0.15, 0.2) is 5.58 Å². The standard InChI is InChI=1S/C20H20N2O4/c23-19(13-22-17-10-3-4-11-18(17)26-20(22)24)21-14-6-5-9-16(12-14)25-15-7-1-2-8-15/h3-6,9-12,15H,1-2,7-8,13H2,(H,21,23). The number of carbonyl (C=O) groups excluding carboxylic acids is 1. The molecule has 0 unspecified atom stereocenters. The Morgan fingerprint density at radius 3 is 2.81 bits per heavy atom. The van der Waals surface area contributed by atoms with Crippen LogP contribution < -0.4 is 15.8 Å². The van der Waals surface area contributed by atoms with E-state index in [1.54, 1.807) is 30.3 Å². The number of nitrogens with zero attached hydrogens (tertiary/aromatic N) is 1. The summed E-state index contributed by atoms with van der Waals surface area (Å²) in [7, 11) is 0. The number of amides is 1. The van der Waals surface area contributed by atoms with Crippen molar-refractivity contribution >= 4 is 22.7 Å². The number of rotatable bonds is 5. The Labute approximate surface area is 150 Å². The molecule has 2 aromatic carbocycles. The molecule has 0 spiro atoms. The number of ether oxygens (including phenoxy) is 1. The fraction of sp³-hybridized carbons (Fsp3) is 0.300. The van der Waals surface area contributed by atoms with Crippen molar-refractivity contribution in [3.8, 4) is 5.75 Å². The summed E-state index contributed by atoms with van der Waals surface area (Å²) in [6, 6.07) is 14.4. The summed E-state index contributed by atoms with van der Waals surface area (Å²) in [4.78, 5) is 24.3. The van der Waals surface area contributed by atoms with Crippen LogP contribution in [0, 0.1) is 0 Å². The molecule has 6 heteroatoms. The minimum atomic E-state index is -0.542. The molecule has 1 heterocycles. The van der Waals surface area contributed by atoms with Crippen LogP contribution in [-0.4, -0.2) is 16.6 Å². The lowest BCUT2D eigenvalue weighted by Crippen LogP contribution is -2.24. The topological polar surface area (TPSA) is 73.5 Å². The highest BCUT2D eigenvalue weighted by atomic mass is 16.5. The van der Waals surface area contributed by atoms with Crippen molar-refractivity contribution in [2.45, 2.75) is 38.3 Å². The van der Waals surface area contributed by atoms with E-state index in [0.717, 1.165) is 18.6 Å². The van der Waals surface area contributed by atoms with Crippen molar-refractivity contribution in [1.29, 1.82) is 0 Å².